The van der Waals surface area contributed by atoms with Crippen LogP contribution < -0.4 is 5.73 Å². The van der Waals surface area contributed by atoms with Crippen molar-refractivity contribution in [2.75, 3.05) is 18.8 Å². The first-order chi connectivity index (χ1) is 9.76. The Balaban J connectivity index is 1.97. The van der Waals surface area contributed by atoms with Crippen LogP contribution in [-0.4, -0.2) is 34.7 Å². The molecule has 1 aliphatic heterocycles. The molecule has 2 N–H and O–H groups in total. The van der Waals surface area contributed by atoms with Crippen LogP contribution in [0.2, 0.25) is 0 Å². The molecule has 0 aromatic carbocycles. The van der Waals surface area contributed by atoms with Crippen molar-refractivity contribution in [2.45, 2.75) is 45.1 Å². The summed E-state index contributed by atoms with van der Waals surface area (Å²) in [4.78, 5) is 18.3. The lowest BCUT2D eigenvalue weighted by Gasteiger charge is -2.33. The van der Waals surface area contributed by atoms with Gasteiger partial charge in [-0.2, -0.15) is 0 Å². The molecule has 1 fully saturated rings. The Bertz CT molecular complexity index is 520. The van der Waals surface area contributed by atoms with Crippen LogP contribution in [0.25, 0.3) is 0 Å². The van der Waals surface area contributed by atoms with Crippen molar-refractivity contribution in [3.63, 3.8) is 0 Å². The summed E-state index contributed by atoms with van der Waals surface area (Å²) >= 11 is 3.38. The molecular weight excluding hydrogens is 334 g/mol. The van der Waals surface area contributed by atoms with E-state index in [2.05, 4.69) is 20.9 Å². The number of aromatic nitrogens is 1. The Morgan fingerprint density at radius 1 is 1.38 bits per heavy atom. The van der Waals surface area contributed by atoms with Gasteiger partial charge in [0.1, 0.15) is 10.2 Å². The van der Waals surface area contributed by atoms with E-state index < -0.39 is 5.60 Å². The summed E-state index contributed by atoms with van der Waals surface area (Å²) in [5.74, 6) is 0.293. The smallest absolute Gasteiger partial charge is 0.410 e. The van der Waals surface area contributed by atoms with Crippen LogP contribution in [0, 0.1) is 0 Å². The fraction of sp³-hybridized carbons (Fsp3) is 0.600. The van der Waals surface area contributed by atoms with Gasteiger partial charge in [-0.1, -0.05) is 0 Å². The largest absolute Gasteiger partial charge is 0.444 e. The zero-order chi connectivity index (χ0) is 15.6. The van der Waals surface area contributed by atoms with Crippen molar-refractivity contribution in [3.8, 4) is 0 Å². The summed E-state index contributed by atoms with van der Waals surface area (Å²) in [6.45, 7) is 6.98. The van der Waals surface area contributed by atoms with Gasteiger partial charge in [-0.3, -0.25) is 0 Å². The number of carbonyl (C=O) groups excluding carboxylic acids is 1. The van der Waals surface area contributed by atoms with Crippen molar-refractivity contribution in [3.05, 3.63) is 22.4 Å². The average Bonchev–Trinajstić information content (AvgIpc) is 2.40. The van der Waals surface area contributed by atoms with E-state index in [0.29, 0.717) is 24.7 Å². The van der Waals surface area contributed by atoms with E-state index in [0.717, 1.165) is 23.1 Å². The molecule has 0 aliphatic carbocycles. The maximum Gasteiger partial charge on any atom is 0.410 e. The first-order valence-corrected chi connectivity index (χ1v) is 7.95. The Morgan fingerprint density at radius 3 is 2.57 bits per heavy atom. The van der Waals surface area contributed by atoms with Crippen molar-refractivity contribution >= 4 is 27.7 Å². The van der Waals surface area contributed by atoms with Crippen molar-refractivity contribution < 1.29 is 9.53 Å². The maximum atomic E-state index is 12.0. The minimum absolute atomic E-state index is 0.240. The van der Waals surface area contributed by atoms with E-state index >= 15 is 0 Å². The fourth-order valence-corrected chi connectivity index (χ4v) is 2.77. The van der Waals surface area contributed by atoms with Crippen molar-refractivity contribution in [1.29, 1.82) is 0 Å². The molecule has 0 spiro atoms. The van der Waals surface area contributed by atoms with Crippen molar-refractivity contribution in [2.24, 2.45) is 0 Å². The van der Waals surface area contributed by atoms with E-state index in [1.807, 2.05) is 32.9 Å². The van der Waals surface area contributed by atoms with Gasteiger partial charge in [0, 0.05) is 19.0 Å². The third-order valence-electron chi connectivity index (χ3n) is 3.46. The highest BCUT2D eigenvalue weighted by Crippen LogP contribution is 2.31. The summed E-state index contributed by atoms with van der Waals surface area (Å²) in [6, 6.07) is 3.71. The SMILES string of the molecule is CC(C)(C)OC(=O)N1CCC(c2nc(Br)ccc2N)CC1. The highest BCUT2D eigenvalue weighted by atomic mass is 79.9. The molecule has 6 heteroatoms. The van der Waals surface area contributed by atoms with Crippen LogP contribution >= 0.6 is 15.9 Å². The Morgan fingerprint density at radius 2 is 2.00 bits per heavy atom. The van der Waals surface area contributed by atoms with Crippen LogP contribution in [0.1, 0.15) is 45.2 Å². The van der Waals surface area contributed by atoms with Gasteiger partial charge in [0.05, 0.1) is 11.4 Å². The first kappa shape index (κ1) is 16.1. The highest BCUT2D eigenvalue weighted by Gasteiger charge is 2.28. The number of hydrogen-bond donors (Lipinski definition) is 1. The number of halogens is 1. The lowest BCUT2D eigenvalue weighted by Crippen LogP contribution is -2.41. The second-order valence-corrected chi connectivity index (χ2v) is 7.16. The van der Waals surface area contributed by atoms with E-state index in [1.165, 1.54) is 0 Å². The number of carbonyl (C=O) groups is 1. The second-order valence-electron chi connectivity index (χ2n) is 6.35. The molecule has 2 rings (SSSR count). The van der Waals surface area contributed by atoms with E-state index in [4.69, 9.17) is 10.5 Å². The van der Waals surface area contributed by atoms with Crippen LogP contribution in [0.3, 0.4) is 0 Å². The molecule has 1 aromatic heterocycles. The third kappa shape index (κ3) is 4.33. The molecule has 0 bridgehead atoms. The first-order valence-electron chi connectivity index (χ1n) is 7.16. The Hall–Kier alpha value is -1.30. The normalized spacial score (nSPS) is 16.9. The van der Waals surface area contributed by atoms with Gasteiger partial charge < -0.3 is 15.4 Å². The highest BCUT2D eigenvalue weighted by molar-refractivity contribution is 9.10. The van der Waals surface area contributed by atoms with Gasteiger partial charge >= 0.3 is 6.09 Å². The van der Waals surface area contributed by atoms with Gasteiger partial charge in [0.2, 0.25) is 0 Å². The molecule has 5 nitrogen and oxygen atoms in total. The summed E-state index contributed by atoms with van der Waals surface area (Å²) in [5, 5.41) is 0. The molecule has 1 aliphatic rings. The van der Waals surface area contributed by atoms with Gasteiger partial charge in [-0.05, 0) is 61.7 Å². The Labute approximate surface area is 134 Å². The lowest BCUT2D eigenvalue weighted by atomic mass is 9.92. The molecule has 0 saturated carbocycles. The number of pyridine rings is 1. The second kappa shape index (κ2) is 6.22. The molecule has 1 saturated heterocycles. The summed E-state index contributed by atoms with van der Waals surface area (Å²) in [7, 11) is 0. The van der Waals surface area contributed by atoms with Crippen LogP contribution in [-0.2, 0) is 4.74 Å². The summed E-state index contributed by atoms with van der Waals surface area (Å²) in [6.07, 6.45) is 1.47. The average molecular weight is 356 g/mol. The molecule has 0 unspecified atom stereocenters. The molecular formula is C15H22BrN3O2. The van der Waals surface area contributed by atoms with Crippen LogP contribution in [0.15, 0.2) is 16.7 Å². The fourth-order valence-electron chi connectivity index (χ4n) is 2.45. The minimum atomic E-state index is -0.454. The number of anilines is 1. The number of likely N-dealkylation sites (tertiary alicyclic amines) is 1. The molecule has 1 amide bonds. The van der Waals surface area contributed by atoms with E-state index in [-0.39, 0.29) is 6.09 Å². The monoisotopic (exact) mass is 355 g/mol. The predicted octanol–water partition coefficient (Wildman–Crippen LogP) is 3.54. The zero-order valence-electron chi connectivity index (χ0n) is 12.7. The quantitative estimate of drug-likeness (QED) is 0.782. The third-order valence-corrected chi connectivity index (χ3v) is 3.90. The Kier molecular flexibility index (Phi) is 4.76. The summed E-state index contributed by atoms with van der Waals surface area (Å²) in [5.41, 5.74) is 7.20. The molecule has 116 valence electrons. The van der Waals surface area contributed by atoms with Gasteiger partial charge in [-0.15, -0.1) is 0 Å². The van der Waals surface area contributed by atoms with E-state index in [9.17, 15) is 4.79 Å². The van der Waals surface area contributed by atoms with Gasteiger partial charge in [0.25, 0.3) is 0 Å². The number of nitrogen functional groups attached to an aromatic ring is 1. The lowest BCUT2D eigenvalue weighted by molar-refractivity contribution is 0.0204. The number of piperidine rings is 1. The maximum absolute atomic E-state index is 12.0. The van der Waals surface area contributed by atoms with Gasteiger partial charge in [-0.25, -0.2) is 9.78 Å². The number of nitrogens with two attached hydrogens (primary N) is 1. The zero-order valence-corrected chi connectivity index (χ0v) is 14.3. The van der Waals surface area contributed by atoms with Crippen LogP contribution in [0.4, 0.5) is 10.5 Å². The molecule has 21 heavy (non-hydrogen) atoms. The van der Waals surface area contributed by atoms with Crippen molar-refractivity contribution in [1.82, 2.24) is 9.88 Å². The molecule has 0 atom stereocenters. The number of nitrogens with zero attached hydrogens (tertiary/aromatic N) is 2. The van der Waals surface area contributed by atoms with Gasteiger partial charge in [0.15, 0.2) is 0 Å². The number of rotatable bonds is 1. The molecule has 1 aromatic rings. The predicted molar refractivity (Wildman–Crippen MR) is 86.1 cm³/mol. The number of hydrogen-bond acceptors (Lipinski definition) is 4. The van der Waals surface area contributed by atoms with E-state index in [1.54, 1.807) is 4.90 Å². The topological polar surface area (TPSA) is 68.5 Å². The minimum Gasteiger partial charge on any atom is -0.444 e. The number of amides is 1. The molecule has 2 heterocycles. The molecule has 0 radical (unpaired) electrons. The standard InChI is InChI=1S/C15H22BrN3O2/c1-15(2,3)21-14(20)19-8-6-10(7-9-19)13-11(17)4-5-12(16)18-13/h4-5,10H,6-9,17H2,1-3H3. The summed E-state index contributed by atoms with van der Waals surface area (Å²) < 4.78 is 6.19. The van der Waals surface area contributed by atoms with Crippen LogP contribution in [0.5, 0.6) is 0 Å². The number of ether oxygens (including phenoxy) is 1.